The molecule has 0 bridgehead atoms. The van der Waals surface area contributed by atoms with Crippen molar-refractivity contribution in [3.63, 3.8) is 0 Å². The molecule has 0 aliphatic rings. The van der Waals surface area contributed by atoms with E-state index in [1.165, 1.54) is 0 Å². The molecule has 5 heteroatoms. The van der Waals surface area contributed by atoms with Crippen LogP contribution in [0.25, 0.3) is 0 Å². The summed E-state index contributed by atoms with van der Waals surface area (Å²) < 4.78 is 5.39. The number of nitrogens with one attached hydrogen (secondary N) is 2. The van der Waals surface area contributed by atoms with E-state index in [0.29, 0.717) is 19.7 Å². The third-order valence-electron chi connectivity index (χ3n) is 2.65. The van der Waals surface area contributed by atoms with Crippen LogP contribution in [0.5, 0.6) is 0 Å². The first-order valence-electron chi connectivity index (χ1n) is 6.95. The number of carbonyl (C=O) groups is 1. The fourth-order valence-electron chi connectivity index (χ4n) is 1.67. The van der Waals surface area contributed by atoms with Crippen LogP contribution in [0.4, 0.5) is 4.79 Å². The number of ether oxygens (including phenoxy) is 1. The third kappa shape index (κ3) is 8.02. The maximum Gasteiger partial charge on any atom is 0.314 e. The smallest absolute Gasteiger partial charge is 0.314 e. The Morgan fingerprint density at radius 1 is 1.30 bits per heavy atom. The summed E-state index contributed by atoms with van der Waals surface area (Å²) in [6.45, 7) is 5.87. The first-order chi connectivity index (χ1) is 9.58. The Kier molecular flexibility index (Phi) is 8.07. The molecule has 2 N–H and O–H groups in total. The lowest BCUT2D eigenvalue weighted by atomic mass is 10.1. The second-order valence-electron chi connectivity index (χ2n) is 4.84. The zero-order chi connectivity index (χ0) is 14.8. The Morgan fingerprint density at radius 2 is 2.05 bits per heavy atom. The Bertz CT molecular complexity index is 411. The molecule has 4 nitrogen and oxygen atoms in total. The standard InChI is InChI=1S/C15H23ClN2O2/c1-12(2)20-10-4-8-17-15(19)18-9-7-13-5-3-6-14(16)11-13/h3,5-6,11-12H,4,7-10H2,1-2H3,(H2,17,18,19). The molecule has 20 heavy (non-hydrogen) atoms. The van der Waals surface area contributed by atoms with Gasteiger partial charge in [0, 0.05) is 24.7 Å². The van der Waals surface area contributed by atoms with Crippen LogP contribution < -0.4 is 10.6 Å². The van der Waals surface area contributed by atoms with E-state index in [2.05, 4.69) is 10.6 Å². The molecule has 112 valence electrons. The molecule has 0 aromatic heterocycles. The topological polar surface area (TPSA) is 50.4 Å². The highest BCUT2D eigenvalue weighted by Crippen LogP contribution is 2.10. The van der Waals surface area contributed by atoms with E-state index >= 15 is 0 Å². The van der Waals surface area contributed by atoms with Crippen molar-refractivity contribution in [1.82, 2.24) is 10.6 Å². The van der Waals surface area contributed by atoms with Gasteiger partial charge in [-0.2, -0.15) is 0 Å². The van der Waals surface area contributed by atoms with Crippen LogP contribution in [0.3, 0.4) is 0 Å². The first-order valence-corrected chi connectivity index (χ1v) is 7.33. The molecule has 0 aliphatic carbocycles. The average Bonchev–Trinajstić information content (AvgIpc) is 2.38. The van der Waals surface area contributed by atoms with Crippen LogP contribution in [-0.4, -0.2) is 31.8 Å². The van der Waals surface area contributed by atoms with Crippen LogP contribution in [0.1, 0.15) is 25.8 Å². The molecule has 1 aromatic carbocycles. The van der Waals surface area contributed by atoms with E-state index in [0.717, 1.165) is 23.4 Å². The summed E-state index contributed by atoms with van der Waals surface area (Å²) in [4.78, 5) is 11.5. The number of amides is 2. The Morgan fingerprint density at radius 3 is 2.75 bits per heavy atom. The lowest BCUT2D eigenvalue weighted by Crippen LogP contribution is -2.37. The Hall–Kier alpha value is -1.26. The van der Waals surface area contributed by atoms with Gasteiger partial charge in [0.05, 0.1) is 6.10 Å². The van der Waals surface area contributed by atoms with Crippen molar-refractivity contribution in [2.75, 3.05) is 19.7 Å². The molecule has 0 radical (unpaired) electrons. The monoisotopic (exact) mass is 298 g/mol. The maximum absolute atomic E-state index is 11.5. The highest BCUT2D eigenvalue weighted by molar-refractivity contribution is 6.30. The maximum atomic E-state index is 11.5. The van der Waals surface area contributed by atoms with Crippen LogP contribution in [0.15, 0.2) is 24.3 Å². The number of halogens is 1. The highest BCUT2D eigenvalue weighted by atomic mass is 35.5. The third-order valence-corrected chi connectivity index (χ3v) is 2.88. The zero-order valence-electron chi connectivity index (χ0n) is 12.1. The predicted molar refractivity (Wildman–Crippen MR) is 82.3 cm³/mol. The van der Waals surface area contributed by atoms with Crippen LogP contribution >= 0.6 is 11.6 Å². The Balaban J connectivity index is 2.05. The van der Waals surface area contributed by atoms with Gasteiger partial charge in [-0.05, 0) is 44.4 Å². The number of hydrogen-bond donors (Lipinski definition) is 2. The highest BCUT2D eigenvalue weighted by Gasteiger charge is 2.00. The number of benzene rings is 1. The minimum atomic E-state index is -0.142. The van der Waals surface area contributed by atoms with Gasteiger partial charge in [-0.15, -0.1) is 0 Å². The van der Waals surface area contributed by atoms with Crippen molar-refractivity contribution < 1.29 is 9.53 Å². The minimum absolute atomic E-state index is 0.142. The van der Waals surface area contributed by atoms with Gasteiger partial charge in [-0.3, -0.25) is 0 Å². The van der Waals surface area contributed by atoms with Crippen molar-refractivity contribution in [2.45, 2.75) is 32.8 Å². The number of carbonyl (C=O) groups excluding carboxylic acids is 1. The van der Waals surface area contributed by atoms with Gasteiger partial charge in [0.2, 0.25) is 0 Å². The quantitative estimate of drug-likeness (QED) is 0.725. The largest absolute Gasteiger partial charge is 0.379 e. The molecule has 1 aromatic rings. The average molecular weight is 299 g/mol. The summed E-state index contributed by atoms with van der Waals surface area (Å²) in [6.07, 6.45) is 1.83. The minimum Gasteiger partial charge on any atom is -0.379 e. The summed E-state index contributed by atoms with van der Waals surface area (Å²) in [5.74, 6) is 0. The summed E-state index contributed by atoms with van der Waals surface area (Å²) in [7, 11) is 0. The lowest BCUT2D eigenvalue weighted by Gasteiger charge is -2.09. The number of hydrogen-bond acceptors (Lipinski definition) is 2. The van der Waals surface area contributed by atoms with Gasteiger partial charge in [0.15, 0.2) is 0 Å². The van der Waals surface area contributed by atoms with Gasteiger partial charge in [0.25, 0.3) is 0 Å². The first kappa shape index (κ1) is 16.8. The Labute approximate surface area is 125 Å². The zero-order valence-corrected chi connectivity index (χ0v) is 12.9. The van der Waals surface area contributed by atoms with Crippen LogP contribution in [0, 0.1) is 0 Å². The number of rotatable bonds is 8. The van der Waals surface area contributed by atoms with Crippen LogP contribution in [-0.2, 0) is 11.2 Å². The second-order valence-corrected chi connectivity index (χ2v) is 5.27. The van der Waals surface area contributed by atoms with Crippen molar-refractivity contribution in [3.8, 4) is 0 Å². The normalized spacial score (nSPS) is 10.6. The van der Waals surface area contributed by atoms with E-state index in [1.54, 1.807) is 0 Å². The lowest BCUT2D eigenvalue weighted by molar-refractivity contribution is 0.0774. The van der Waals surface area contributed by atoms with E-state index in [1.807, 2.05) is 38.1 Å². The number of urea groups is 1. The predicted octanol–water partition coefficient (Wildman–Crippen LogP) is 3.00. The molecule has 0 unspecified atom stereocenters. The molecule has 0 saturated carbocycles. The van der Waals surface area contributed by atoms with E-state index in [9.17, 15) is 4.79 Å². The molecular weight excluding hydrogens is 276 g/mol. The SMILES string of the molecule is CC(C)OCCCNC(=O)NCCc1cccc(Cl)c1. The van der Waals surface area contributed by atoms with Gasteiger partial charge >= 0.3 is 6.03 Å². The van der Waals surface area contributed by atoms with Gasteiger partial charge in [-0.25, -0.2) is 4.79 Å². The van der Waals surface area contributed by atoms with E-state index in [4.69, 9.17) is 16.3 Å². The van der Waals surface area contributed by atoms with E-state index < -0.39 is 0 Å². The summed E-state index contributed by atoms with van der Waals surface area (Å²) in [6, 6.07) is 7.51. The van der Waals surface area contributed by atoms with Crippen molar-refractivity contribution in [1.29, 1.82) is 0 Å². The molecule has 0 aliphatic heterocycles. The molecule has 0 atom stereocenters. The van der Waals surface area contributed by atoms with Crippen molar-refractivity contribution in [3.05, 3.63) is 34.9 Å². The molecule has 0 spiro atoms. The second kappa shape index (κ2) is 9.61. The van der Waals surface area contributed by atoms with Crippen molar-refractivity contribution >= 4 is 17.6 Å². The van der Waals surface area contributed by atoms with Gasteiger partial charge in [-0.1, -0.05) is 23.7 Å². The molecule has 2 amide bonds. The molecule has 0 fully saturated rings. The van der Waals surface area contributed by atoms with E-state index in [-0.39, 0.29) is 12.1 Å². The molecular formula is C15H23ClN2O2. The fraction of sp³-hybridized carbons (Fsp3) is 0.533. The molecule has 0 saturated heterocycles. The summed E-state index contributed by atoms with van der Waals surface area (Å²) in [5, 5.41) is 6.33. The summed E-state index contributed by atoms with van der Waals surface area (Å²) in [5.41, 5.74) is 1.11. The molecule has 1 rings (SSSR count). The summed E-state index contributed by atoms with van der Waals surface area (Å²) >= 11 is 5.90. The fourth-order valence-corrected chi connectivity index (χ4v) is 1.88. The van der Waals surface area contributed by atoms with Gasteiger partial charge in [0.1, 0.15) is 0 Å². The molecule has 0 heterocycles. The van der Waals surface area contributed by atoms with Crippen molar-refractivity contribution in [2.24, 2.45) is 0 Å². The van der Waals surface area contributed by atoms with Gasteiger partial charge < -0.3 is 15.4 Å². The van der Waals surface area contributed by atoms with Crippen LogP contribution in [0.2, 0.25) is 5.02 Å².